The molecular weight excluding hydrogens is 208 g/mol. The van der Waals surface area contributed by atoms with Gasteiger partial charge < -0.3 is 10.6 Å². The van der Waals surface area contributed by atoms with Crippen LogP contribution in [-0.4, -0.2) is 36.5 Å². The summed E-state index contributed by atoms with van der Waals surface area (Å²) in [6, 6.07) is 0.317. The van der Waals surface area contributed by atoms with Crippen molar-refractivity contribution >= 4 is 17.7 Å². The molecule has 1 fully saturated rings. The van der Waals surface area contributed by atoms with Gasteiger partial charge in [0, 0.05) is 12.6 Å². The van der Waals surface area contributed by atoms with Gasteiger partial charge in [0.15, 0.2) is 0 Å². The molecule has 0 radical (unpaired) electrons. The molecule has 0 saturated carbocycles. The van der Waals surface area contributed by atoms with Gasteiger partial charge in [-0.3, -0.25) is 4.79 Å². The Morgan fingerprint density at radius 1 is 1.67 bits per heavy atom. The van der Waals surface area contributed by atoms with Crippen LogP contribution in [-0.2, 0) is 4.79 Å². The van der Waals surface area contributed by atoms with Crippen molar-refractivity contribution in [2.24, 2.45) is 5.92 Å². The number of hydrogen-bond acceptors (Lipinski definition) is 3. The van der Waals surface area contributed by atoms with Crippen molar-refractivity contribution in [1.82, 2.24) is 10.6 Å². The second-order valence-corrected chi connectivity index (χ2v) is 5.48. The normalized spacial score (nSPS) is 22.7. The van der Waals surface area contributed by atoms with Crippen LogP contribution in [0.1, 0.15) is 26.7 Å². The zero-order valence-electron chi connectivity index (χ0n) is 9.71. The quantitative estimate of drug-likeness (QED) is 0.675. The van der Waals surface area contributed by atoms with Gasteiger partial charge in [-0.15, -0.1) is 0 Å². The van der Waals surface area contributed by atoms with E-state index in [2.05, 4.69) is 24.5 Å². The van der Waals surface area contributed by atoms with Gasteiger partial charge in [-0.05, 0) is 37.8 Å². The van der Waals surface area contributed by atoms with Crippen LogP contribution < -0.4 is 10.6 Å². The first-order valence-electron chi connectivity index (χ1n) is 5.83. The Morgan fingerprint density at radius 3 is 3.07 bits per heavy atom. The molecule has 1 rings (SSSR count). The van der Waals surface area contributed by atoms with E-state index >= 15 is 0 Å². The minimum atomic E-state index is 0.200. The predicted octanol–water partition coefficient (Wildman–Crippen LogP) is 1.24. The molecule has 0 aromatic heterocycles. The topological polar surface area (TPSA) is 41.1 Å². The average Bonchev–Trinajstić information content (AvgIpc) is 2.70. The highest BCUT2D eigenvalue weighted by atomic mass is 32.2. The zero-order valence-corrected chi connectivity index (χ0v) is 10.5. The molecule has 2 unspecified atom stereocenters. The molecule has 1 aliphatic heterocycles. The summed E-state index contributed by atoms with van der Waals surface area (Å²) in [5, 5.41) is 6.30. The molecule has 0 aromatic rings. The fraction of sp³-hybridized carbons (Fsp3) is 0.909. The van der Waals surface area contributed by atoms with Crippen molar-refractivity contribution < 1.29 is 4.79 Å². The Kier molecular flexibility index (Phi) is 6.10. The maximum absolute atomic E-state index is 11.7. The van der Waals surface area contributed by atoms with Gasteiger partial charge in [0.1, 0.15) is 0 Å². The molecular formula is C11H22N2OS. The lowest BCUT2D eigenvalue weighted by Crippen LogP contribution is -2.38. The van der Waals surface area contributed by atoms with E-state index in [1.54, 1.807) is 0 Å². The SMILES string of the molecule is CCSCCC(C)NC(=O)C1CCNC1. The number of hydrogen-bond donors (Lipinski definition) is 2. The van der Waals surface area contributed by atoms with Crippen molar-refractivity contribution in [3.63, 3.8) is 0 Å². The summed E-state index contributed by atoms with van der Waals surface area (Å²) in [5.41, 5.74) is 0. The number of nitrogens with one attached hydrogen (secondary N) is 2. The van der Waals surface area contributed by atoms with Crippen LogP contribution in [0.3, 0.4) is 0 Å². The molecule has 1 saturated heterocycles. The number of carbonyl (C=O) groups excluding carboxylic acids is 1. The summed E-state index contributed by atoms with van der Waals surface area (Å²) in [5.74, 6) is 2.73. The third-order valence-corrected chi connectivity index (χ3v) is 3.65. The Hall–Kier alpha value is -0.220. The molecule has 2 N–H and O–H groups in total. The summed E-state index contributed by atoms with van der Waals surface area (Å²) in [4.78, 5) is 11.7. The summed E-state index contributed by atoms with van der Waals surface area (Å²) in [6.07, 6.45) is 2.06. The third kappa shape index (κ3) is 4.89. The van der Waals surface area contributed by atoms with E-state index in [9.17, 15) is 4.79 Å². The van der Waals surface area contributed by atoms with Crippen LogP contribution in [0.15, 0.2) is 0 Å². The number of carbonyl (C=O) groups is 1. The van der Waals surface area contributed by atoms with Gasteiger partial charge >= 0.3 is 0 Å². The second kappa shape index (κ2) is 7.12. The maximum atomic E-state index is 11.7. The minimum Gasteiger partial charge on any atom is -0.353 e. The third-order valence-electron chi connectivity index (χ3n) is 2.72. The Bertz CT molecular complexity index is 193. The molecule has 88 valence electrons. The second-order valence-electron chi connectivity index (χ2n) is 4.08. The van der Waals surface area contributed by atoms with Gasteiger partial charge in [0.05, 0.1) is 5.92 Å². The smallest absolute Gasteiger partial charge is 0.224 e. The zero-order chi connectivity index (χ0) is 11.1. The standard InChI is InChI=1S/C11H22N2OS/c1-3-15-7-5-9(2)13-11(14)10-4-6-12-8-10/h9-10,12H,3-8H2,1-2H3,(H,13,14). The largest absolute Gasteiger partial charge is 0.353 e. The van der Waals surface area contributed by atoms with Crippen LogP contribution >= 0.6 is 11.8 Å². The van der Waals surface area contributed by atoms with Gasteiger partial charge in [0.25, 0.3) is 0 Å². The van der Waals surface area contributed by atoms with Gasteiger partial charge in [-0.25, -0.2) is 0 Å². The first-order chi connectivity index (χ1) is 7.24. The Morgan fingerprint density at radius 2 is 2.47 bits per heavy atom. The van der Waals surface area contributed by atoms with Crippen molar-refractivity contribution in [3.05, 3.63) is 0 Å². The Balaban J connectivity index is 2.13. The lowest BCUT2D eigenvalue weighted by Gasteiger charge is -2.16. The van der Waals surface area contributed by atoms with E-state index in [0.29, 0.717) is 6.04 Å². The minimum absolute atomic E-state index is 0.200. The first kappa shape index (κ1) is 12.8. The molecule has 15 heavy (non-hydrogen) atoms. The number of rotatable bonds is 6. The molecule has 0 aromatic carbocycles. The first-order valence-corrected chi connectivity index (χ1v) is 6.98. The van der Waals surface area contributed by atoms with Crippen molar-refractivity contribution in [1.29, 1.82) is 0 Å². The highest BCUT2D eigenvalue weighted by Gasteiger charge is 2.22. The fourth-order valence-electron chi connectivity index (χ4n) is 1.72. The Labute approximate surface area is 96.8 Å². The van der Waals surface area contributed by atoms with E-state index in [0.717, 1.165) is 37.4 Å². The molecule has 0 aliphatic carbocycles. The van der Waals surface area contributed by atoms with Crippen molar-refractivity contribution in [2.45, 2.75) is 32.7 Å². The molecule has 3 nitrogen and oxygen atoms in total. The van der Waals surface area contributed by atoms with Crippen LogP contribution in [0.5, 0.6) is 0 Å². The molecule has 1 heterocycles. The molecule has 0 spiro atoms. The highest BCUT2D eigenvalue weighted by Crippen LogP contribution is 2.09. The van der Waals surface area contributed by atoms with Gasteiger partial charge in [0.2, 0.25) is 5.91 Å². The monoisotopic (exact) mass is 230 g/mol. The molecule has 0 bridgehead atoms. The van der Waals surface area contributed by atoms with Crippen molar-refractivity contribution in [3.8, 4) is 0 Å². The van der Waals surface area contributed by atoms with E-state index in [-0.39, 0.29) is 11.8 Å². The van der Waals surface area contributed by atoms with Gasteiger partial charge in [-0.1, -0.05) is 6.92 Å². The van der Waals surface area contributed by atoms with E-state index in [4.69, 9.17) is 0 Å². The predicted molar refractivity (Wildman–Crippen MR) is 66.2 cm³/mol. The van der Waals surface area contributed by atoms with Crippen LogP contribution in [0, 0.1) is 5.92 Å². The van der Waals surface area contributed by atoms with Gasteiger partial charge in [-0.2, -0.15) is 11.8 Å². The van der Waals surface area contributed by atoms with Crippen LogP contribution in [0.25, 0.3) is 0 Å². The van der Waals surface area contributed by atoms with Crippen molar-refractivity contribution in [2.75, 3.05) is 24.6 Å². The summed E-state index contributed by atoms with van der Waals surface area (Å²) < 4.78 is 0. The highest BCUT2D eigenvalue weighted by molar-refractivity contribution is 7.99. The molecule has 2 atom stereocenters. The summed E-state index contributed by atoms with van der Waals surface area (Å²) in [7, 11) is 0. The fourth-order valence-corrected chi connectivity index (χ4v) is 2.52. The molecule has 1 aliphatic rings. The number of amides is 1. The van der Waals surface area contributed by atoms with Crippen LogP contribution in [0.4, 0.5) is 0 Å². The lowest BCUT2D eigenvalue weighted by atomic mass is 10.1. The van der Waals surface area contributed by atoms with E-state index in [1.165, 1.54) is 0 Å². The summed E-state index contributed by atoms with van der Waals surface area (Å²) >= 11 is 1.93. The van der Waals surface area contributed by atoms with Crippen LogP contribution in [0.2, 0.25) is 0 Å². The van der Waals surface area contributed by atoms with E-state index in [1.807, 2.05) is 11.8 Å². The lowest BCUT2D eigenvalue weighted by molar-refractivity contribution is -0.125. The molecule has 4 heteroatoms. The molecule has 1 amide bonds. The average molecular weight is 230 g/mol. The maximum Gasteiger partial charge on any atom is 0.224 e. The number of thioether (sulfide) groups is 1. The summed E-state index contributed by atoms with van der Waals surface area (Å²) in [6.45, 7) is 6.09. The van der Waals surface area contributed by atoms with E-state index < -0.39 is 0 Å².